The fraction of sp³-hybridized carbons (Fsp3) is 0.577. The zero-order chi connectivity index (χ0) is 28.5. The van der Waals surface area contributed by atoms with Crippen molar-refractivity contribution in [2.24, 2.45) is 0 Å². The van der Waals surface area contributed by atoms with Gasteiger partial charge in [0.2, 0.25) is 0 Å². The van der Waals surface area contributed by atoms with Gasteiger partial charge in [0.1, 0.15) is 11.4 Å². The Morgan fingerprint density at radius 2 is 1.26 bits per heavy atom. The molecule has 2 aromatic heterocycles. The second-order valence-electron chi connectivity index (χ2n) is 9.72. The molecular formula is C26H40N6O5P2. The first-order chi connectivity index (χ1) is 18.6. The van der Waals surface area contributed by atoms with Gasteiger partial charge < -0.3 is 9.05 Å². The van der Waals surface area contributed by atoms with Gasteiger partial charge in [0.05, 0.1) is 25.6 Å². The van der Waals surface area contributed by atoms with Gasteiger partial charge in [-0.25, -0.2) is 0 Å². The number of benzene rings is 1. The predicted octanol–water partition coefficient (Wildman–Crippen LogP) is 5.86. The standard InChI is InChI=1S/C26H40N6O5P2/c1-6-11-26(33)23-17-21(24-19-31(29-27-24)12-9-14-38(4,34)36-7-2)16-22(18-23)25-20-32(30-28-25)13-10-15-39(5,35)37-8-3/h16-20H,6-15H2,1-5H3. The summed E-state index contributed by atoms with van der Waals surface area (Å²) < 4.78 is 38.8. The highest BCUT2D eigenvalue weighted by Gasteiger charge is 2.17. The highest BCUT2D eigenvalue weighted by atomic mass is 31.2. The quantitative estimate of drug-likeness (QED) is 0.143. The first kappa shape index (κ1) is 31.1. The Kier molecular flexibility index (Phi) is 11.4. The minimum Gasteiger partial charge on any atom is -0.329 e. The minimum atomic E-state index is -2.60. The van der Waals surface area contributed by atoms with E-state index in [1.165, 1.54) is 0 Å². The Labute approximate surface area is 230 Å². The molecule has 0 radical (unpaired) electrons. The van der Waals surface area contributed by atoms with Gasteiger partial charge in [-0.3, -0.25) is 23.3 Å². The van der Waals surface area contributed by atoms with Gasteiger partial charge in [0.25, 0.3) is 0 Å². The van der Waals surface area contributed by atoms with Gasteiger partial charge >= 0.3 is 0 Å². The summed E-state index contributed by atoms with van der Waals surface area (Å²) in [6, 6.07) is 5.60. The Balaban J connectivity index is 1.78. The van der Waals surface area contributed by atoms with Crippen molar-refractivity contribution in [3.8, 4) is 22.5 Å². The molecule has 3 aromatic rings. The van der Waals surface area contributed by atoms with Crippen molar-refractivity contribution < 1.29 is 23.0 Å². The largest absolute Gasteiger partial charge is 0.329 e. The van der Waals surface area contributed by atoms with Crippen molar-refractivity contribution >= 4 is 20.5 Å². The SMILES string of the molecule is CCCC(=O)c1cc(-c2cn(CCCP(C)(=O)OCC)nn2)cc(-c2cn(CCCP(C)(=O)OCC)nn2)c1. The molecule has 0 saturated heterocycles. The van der Waals surface area contributed by atoms with E-state index in [0.717, 1.165) is 17.5 Å². The summed E-state index contributed by atoms with van der Waals surface area (Å²) in [7, 11) is -5.19. The number of Topliss-reactive ketones (excluding diaryl/α,β-unsaturated/α-hetero) is 1. The molecule has 0 fully saturated rings. The lowest BCUT2D eigenvalue weighted by Crippen LogP contribution is -2.02. The monoisotopic (exact) mass is 578 g/mol. The van der Waals surface area contributed by atoms with Crippen LogP contribution in [0.25, 0.3) is 22.5 Å². The molecule has 0 aliphatic heterocycles. The lowest BCUT2D eigenvalue weighted by atomic mass is 9.98. The van der Waals surface area contributed by atoms with Crippen LogP contribution in [0.1, 0.15) is 56.8 Å². The molecule has 0 bridgehead atoms. The van der Waals surface area contributed by atoms with E-state index in [4.69, 9.17) is 9.05 Å². The average Bonchev–Trinajstić information content (AvgIpc) is 3.54. The molecule has 11 nitrogen and oxygen atoms in total. The van der Waals surface area contributed by atoms with Crippen LogP contribution in [0.15, 0.2) is 30.6 Å². The van der Waals surface area contributed by atoms with Crippen LogP contribution in [0.2, 0.25) is 0 Å². The van der Waals surface area contributed by atoms with Crippen LogP contribution in [0.3, 0.4) is 0 Å². The van der Waals surface area contributed by atoms with Crippen molar-refractivity contribution in [1.29, 1.82) is 0 Å². The first-order valence-electron chi connectivity index (χ1n) is 13.5. The fourth-order valence-electron chi connectivity index (χ4n) is 4.25. The molecule has 2 heterocycles. The zero-order valence-electron chi connectivity index (χ0n) is 23.6. The molecule has 2 unspecified atom stereocenters. The van der Waals surface area contributed by atoms with E-state index < -0.39 is 14.7 Å². The Bertz CT molecular complexity index is 1250. The second kappa shape index (κ2) is 14.3. The first-order valence-corrected chi connectivity index (χ1v) is 18.0. The lowest BCUT2D eigenvalue weighted by Gasteiger charge is -2.11. The van der Waals surface area contributed by atoms with Crippen LogP contribution >= 0.6 is 14.7 Å². The lowest BCUT2D eigenvalue weighted by molar-refractivity contribution is 0.0981. The van der Waals surface area contributed by atoms with E-state index in [9.17, 15) is 13.9 Å². The van der Waals surface area contributed by atoms with Crippen molar-refractivity contribution in [2.45, 2.75) is 59.5 Å². The van der Waals surface area contributed by atoms with E-state index in [-0.39, 0.29) is 5.78 Å². The number of rotatable bonds is 17. The van der Waals surface area contributed by atoms with E-state index >= 15 is 0 Å². The predicted molar refractivity (Wildman–Crippen MR) is 153 cm³/mol. The summed E-state index contributed by atoms with van der Waals surface area (Å²) in [6.45, 7) is 10.9. The summed E-state index contributed by atoms with van der Waals surface area (Å²) in [5.41, 5.74) is 3.36. The van der Waals surface area contributed by atoms with Gasteiger partial charge in [-0.15, -0.1) is 10.2 Å². The van der Waals surface area contributed by atoms with Crippen LogP contribution in [-0.4, -0.2) is 74.6 Å². The van der Waals surface area contributed by atoms with Crippen molar-refractivity contribution in [2.75, 3.05) is 38.9 Å². The van der Waals surface area contributed by atoms with Crippen molar-refractivity contribution in [3.63, 3.8) is 0 Å². The highest BCUT2D eigenvalue weighted by molar-refractivity contribution is 7.58. The average molecular weight is 579 g/mol. The number of ketones is 1. The van der Waals surface area contributed by atoms with E-state index in [2.05, 4.69) is 20.6 Å². The third-order valence-corrected chi connectivity index (χ3v) is 9.97. The number of aromatic nitrogens is 6. The molecular weight excluding hydrogens is 538 g/mol. The summed E-state index contributed by atoms with van der Waals surface area (Å²) in [5.74, 6) is 0.0460. The molecule has 1 aromatic carbocycles. The molecule has 0 saturated carbocycles. The van der Waals surface area contributed by atoms with E-state index in [0.29, 0.717) is 74.8 Å². The van der Waals surface area contributed by atoms with Gasteiger partial charge in [-0.05, 0) is 51.3 Å². The third kappa shape index (κ3) is 9.60. The maximum atomic E-state index is 12.8. The topological polar surface area (TPSA) is 131 Å². The third-order valence-electron chi connectivity index (χ3n) is 6.11. The fourth-order valence-corrected chi connectivity index (χ4v) is 7.03. The molecule has 13 heteroatoms. The van der Waals surface area contributed by atoms with Gasteiger partial charge in [-0.1, -0.05) is 17.4 Å². The maximum absolute atomic E-state index is 12.8. The molecule has 0 aliphatic rings. The summed E-state index contributed by atoms with van der Waals surface area (Å²) in [5, 5.41) is 17.1. The minimum absolute atomic E-state index is 0.0460. The van der Waals surface area contributed by atoms with Crippen molar-refractivity contribution in [1.82, 2.24) is 30.0 Å². The van der Waals surface area contributed by atoms with E-state index in [1.54, 1.807) is 22.7 Å². The Morgan fingerprint density at radius 1 is 0.795 bits per heavy atom. The molecule has 0 aliphatic carbocycles. The molecule has 214 valence electrons. The normalized spacial score (nSPS) is 14.7. The van der Waals surface area contributed by atoms with Crippen LogP contribution in [-0.2, 0) is 31.3 Å². The smallest absolute Gasteiger partial charge is 0.200 e. The molecule has 0 spiro atoms. The number of carbonyl (C=O) groups excluding carboxylic acids is 1. The summed E-state index contributed by atoms with van der Waals surface area (Å²) >= 11 is 0. The number of hydrogen-bond donors (Lipinski definition) is 0. The maximum Gasteiger partial charge on any atom is 0.200 e. The number of nitrogens with zero attached hydrogens (tertiary/aromatic N) is 6. The highest BCUT2D eigenvalue weighted by Crippen LogP contribution is 2.43. The molecule has 2 atom stereocenters. The summed E-state index contributed by atoms with van der Waals surface area (Å²) in [6.07, 6.45) is 7.08. The van der Waals surface area contributed by atoms with Crippen LogP contribution in [0.4, 0.5) is 0 Å². The van der Waals surface area contributed by atoms with Crippen molar-refractivity contribution in [3.05, 3.63) is 36.2 Å². The molecule has 0 N–H and O–H groups in total. The Hall–Kier alpha value is -2.45. The van der Waals surface area contributed by atoms with E-state index in [1.807, 2.05) is 51.4 Å². The number of carbonyl (C=O) groups is 1. The number of hydrogen-bond acceptors (Lipinski definition) is 9. The molecule has 3 rings (SSSR count). The van der Waals surface area contributed by atoms with Crippen LogP contribution in [0, 0.1) is 0 Å². The molecule has 39 heavy (non-hydrogen) atoms. The van der Waals surface area contributed by atoms with Gasteiger partial charge in [0.15, 0.2) is 20.5 Å². The zero-order valence-corrected chi connectivity index (χ0v) is 25.4. The number of aryl methyl sites for hydroxylation is 2. The van der Waals surface area contributed by atoms with Crippen LogP contribution < -0.4 is 0 Å². The summed E-state index contributed by atoms with van der Waals surface area (Å²) in [4.78, 5) is 12.8. The molecule has 0 amide bonds. The van der Waals surface area contributed by atoms with Gasteiger partial charge in [0, 0.05) is 61.9 Å². The van der Waals surface area contributed by atoms with Gasteiger partial charge in [-0.2, -0.15) is 0 Å². The second-order valence-corrected chi connectivity index (χ2v) is 15.2. The Morgan fingerprint density at radius 3 is 1.67 bits per heavy atom. The van der Waals surface area contributed by atoms with Crippen LogP contribution in [0.5, 0.6) is 0 Å².